The molecular weight excluding hydrogens is 254 g/mol. The van der Waals surface area contributed by atoms with Crippen molar-refractivity contribution in [3.63, 3.8) is 0 Å². The van der Waals surface area contributed by atoms with E-state index in [0.717, 1.165) is 17.1 Å². The molecule has 5 nitrogen and oxygen atoms in total. The average Bonchev–Trinajstić information content (AvgIpc) is 2.35. The van der Waals surface area contributed by atoms with E-state index in [1.807, 2.05) is 39.8 Å². The molecule has 1 atom stereocenters. The number of hydrogen-bond donors (Lipinski definition) is 1. The van der Waals surface area contributed by atoms with Gasteiger partial charge >= 0.3 is 5.97 Å². The molecule has 1 aromatic heterocycles. The SMILES string of the molecule is CC(N)c1ccc2c(n1)CCC(C(=O)OC(C)(C)C)=N2. The number of carbonyl (C=O) groups is 1. The highest BCUT2D eigenvalue weighted by atomic mass is 16.6. The lowest BCUT2D eigenvalue weighted by molar-refractivity contribution is -0.146. The van der Waals surface area contributed by atoms with Crippen molar-refractivity contribution in [1.82, 2.24) is 4.98 Å². The predicted octanol–water partition coefficient (Wildman–Crippen LogP) is 2.46. The Labute approximate surface area is 119 Å². The Morgan fingerprint density at radius 3 is 2.65 bits per heavy atom. The number of rotatable bonds is 2. The molecule has 0 fully saturated rings. The maximum absolute atomic E-state index is 12.0. The second-order valence-electron chi connectivity index (χ2n) is 6.05. The van der Waals surface area contributed by atoms with Gasteiger partial charge in [0.2, 0.25) is 0 Å². The summed E-state index contributed by atoms with van der Waals surface area (Å²) in [4.78, 5) is 20.9. The van der Waals surface area contributed by atoms with Crippen LogP contribution in [0.5, 0.6) is 0 Å². The van der Waals surface area contributed by atoms with Crippen molar-refractivity contribution in [2.45, 2.75) is 52.2 Å². The molecule has 108 valence electrons. The number of carbonyl (C=O) groups excluding carboxylic acids is 1. The summed E-state index contributed by atoms with van der Waals surface area (Å²) in [6.07, 6.45) is 1.24. The molecule has 0 saturated carbocycles. The van der Waals surface area contributed by atoms with Gasteiger partial charge in [0.1, 0.15) is 11.3 Å². The van der Waals surface area contributed by atoms with Crippen LogP contribution in [-0.2, 0) is 16.0 Å². The van der Waals surface area contributed by atoms with Crippen molar-refractivity contribution in [2.75, 3.05) is 0 Å². The predicted molar refractivity (Wildman–Crippen MR) is 78.1 cm³/mol. The van der Waals surface area contributed by atoms with E-state index in [2.05, 4.69) is 9.98 Å². The van der Waals surface area contributed by atoms with Gasteiger partial charge in [0.15, 0.2) is 0 Å². The third kappa shape index (κ3) is 3.42. The minimum absolute atomic E-state index is 0.100. The summed E-state index contributed by atoms with van der Waals surface area (Å²) in [5.41, 5.74) is 8.26. The first-order valence-corrected chi connectivity index (χ1v) is 6.82. The van der Waals surface area contributed by atoms with Gasteiger partial charge in [-0.05, 0) is 46.2 Å². The monoisotopic (exact) mass is 275 g/mol. The molecule has 5 heteroatoms. The second kappa shape index (κ2) is 5.32. The number of aryl methyl sites for hydroxylation is 1. The lowest BCUT2D eigenvalue weighted by Crippen LogP contribution is -2.30. The van der Waals surface area contributed by atoms with Crippen molar-refractivity contribution in [3.05, 3.63) is 23.5 Å². The third-order valence-electron chi connectivity index (χ3n) is 2.93. The van der Waals surface area contributed by atoms with Gasteiger partial charge in [0, 0.05) is 12.5 Å². The number of aliphatic imine (C=N–C) groups is 1. The van der Waals surface area contributed by atoms with Gasteiger partial charge in [-0.3, -0.25) is 4.98 Å². The van der Waals surface area contributed by atoms with Crippen LogP contribution in [0.15, 0.2) is 17.1 Å². The first-order valence-electron chi connectivity index (χ1n) is 6.82. The molecular formula is C15H21N3O2. The van der Waals surface area contributed by atoms with Crippen molar-refractivity contribution < 1.29 is 9.53 Å². The highest BCUT2D eigenvalue weighted by molar-refractivity contribution is 6.37. The number of hydrogen-bond acceptors (Lipinski definition) is 5. The van der Waals surface area contributed by atoms with Crippen LogP contribution in [0.3, 0.4) is 0 Å². The molecule has 1 aliphatic rings. The molecule has 1 aromatic rings. The molecule has 0 bridgehead atoms. The Kier molecular flexibility index (Phi) is 3.90. The van der Waals surface area contributed by atoms with Crippen LogP contribution in [0.4, 0.5) is 5.69 Å². The van der Waals surface area contributed by atoms with Gasteiger partial charge in [0.05, 0.1) is 17.1 Å². The highest BCUT2D eigenvalue weighted by Crippen LogP contribution is 2.26. The van der Waals surface area contributed by atoms with Gasteiger partial charge in [-0.25, -0.2) is 9.79 Å². The number of pyridine rings is 1. The Bertz CT molecular complexity index is 557. The topological polar surface area (TPSA) is 77.6 Å². The fraction of sp³-hybridized carbons (Fsp3) is 0.533. The summed E-state index contributed by atoms with van der Waals surface area (Å²) >= 11 is 0. The van der Waals surface area contributed by atoms with Gasteiger partial charge in [-0.2, -0.15) is 0 Å². The van der Waals surface area contributed by atoms with Gasteiger partial charge < -0.3 is 10.5 Å². The van der Waals surface area contributed by atoms with Crippen LogP contribution in [0, 0.1) is 0 Å². The fourth-order valence-electron chi connectivity index (χ4n) is 1.97. The molecule has 1 unspecified atom stereocenters. The Morgan fingerprint density at radius 1 is 1.35 bits per heavy atom. The smallest absolute Gasteiger partial charge is 0.353 e. The number of nitrogens with zero attached hydrogens (tertiary/aromatic N) is 2. The molecule has 0 spiro atoms. The highest BCUT2D eigenvalue weighted by Gasteiger charge is 2.24. The fourth-order valence-corrected chi connectivity index (χ4v) is 1.97. The van der Waals surface area contributed by atoms with E-state index in [1.54, 1.807) is 0 Å². The summed E-state index contributed by atoms with van der Waals surface area (Å²) in [5.74, 6) is -0.348. The summed E-state index contributed by atoms with van der Waals surface area (Å²) in [7, 11) is 0. The van der Waals surface area contributed by atoms with Gasteiger partial charge in [0.25, 0.3) is 0 Å². The maximum atomic E-state index is 12.0. The summed E-state index contributed by atoms with van der Waals surface area (Å²) in [5, 5.41) is 0. The number of fused-ring (bicyclic) bond motifs is 1. The normalized spacial score (nSPS) is 16.1. The molecule has 2 heterocycles. The Hall–Kier alpha value is -1.75. The minimum Gasteiger partial charge on any atom is -0.455 e. The number of aromatic nitrogens is 1. The molecule has 0 aromatic carbocycles. The van der Waals surface area contributed by atoms with Crippen LogP contribution in [-0.4, -0.2) is 22.3 Å². The van der Waals surface area contributed by atoms with Crippen molar-refractivity contribution >= 4 is 17.4 Å². The first-order chi connectivity index (χ1) is 9.26. The zero-order valence-corrected chi connectivity index (χ0v) is 12.4. The van der Waals surface area contributed by atoms with E-state index in [4.69, 9.17) is 10.5 Å². The molecule has 0 saturated heterocycles. The van der Waals surface area contributed by atoms with E-state index in [0.29, 0.717) is 18.6 Å². The first kappa shape index (κ1) is 14.7. The largest absolute Gasteiger partial charge is 0.455 e. The van der Waals surface area contributed by atoms with Gasteiger partial charge in [-0.1, -0.05) is 0 Å². The van der Waals surface area contributed by atoms with E-state index < -0.39 is 5.60 Å². The van der Waals surface area contributed by atoms with Crippen LogP contribution in [0.25, 0.3) is 0 Å². The van der Waals surface area contributed by atoms with E-state index in [-0.39, 0.29) is 12.0 Å². The molecule has 0 aliphatic carbocycles. The molecule has 0 amide bonds. The Morgan fingerprint density at radius 2 is 2.05 bits per heavy atom. The number of esters is 1. The van der Waals surface area contributed by atoms with Crippen LogP contribution < -0.4 is 5.73 Å². The van der Waals surface area contributed by atoms with E-state index >= 15 is 0 Å². The Balaban J connectivity index is 2.23. The van der Waals surface area contributed by atoms with Crippen LogP contribution in [0.2, 0.25) is 0 Å². The number of nitrogens with two attached hydrogens (primary N) is 1. The molecule has 2 rings (SSSR count). The van der Waals surface area contributed by atoms with Crippen LogP contribution in [0.1, 0.15) is 51.5 Å². The quantitative estimate of drug-likeness (QED) is 0.841. The zero-order chi connectivity index (χ0) is 14.9. The summed E-state index contributed by atoms with van der Waals surface area (Å²) < 4.78 is 5.34. The standard InChI is InChI=1S/C15H21N3O2/c1-9(16)10-5-6-12-11(17-10)7-8-13(18-12)14(19)20-15(2,3)4/h5-6,9H,7-8,16H2,1-4H3. The lowest BCUT2D eigenvalue weighted by atomic mass is 10.0. The minimum atomic E-state index is -0.503. The van der Waals surface area contributed by atoms with E-state index in [9.17, 15) is 4.79 Å². The van der Waals surface area contributed by atoms with Crippen LogP contribution >= 0.6 is 0 Å². The maximum Gasteiger partial charge on any atom is 0.353 e. The molecule has 0 radical (unpaired) electrons. The van der Waals surface area contributed by atoms with E-state index in [1.165, 1.54) is 0 Å². The second-order valence-corrected chi connectivity index (χ2v) is 6.05. The third-order valence-corrected chi connectivity index (χ3v) is 2.93. The van der Waals surface area contributed by atoms with Crippen molar-refractivity contribution in [2.24, 2.45) is 10.7 Å². The molecule has 20 heavy (non-hydrogen) atoms. The molecule has 1 aliphatic heterocycles. The van der Waals surface area contributed by atoms with Crippen molar-refractivity contribution in [1.29, 1.82) is 0 Å². The summed E-state index contributed by atoms with van der Waals surface area (Å²) in [6.45, 7) is 7.43. The molecule has 2 N–H and O–H groups in total. The lowest BCUT2D eigenvalue weighted by Gasteiger charge is -2.21. The average molecular weight is 275 g/mol. The zero-order valence-electron chi connectivity index (χ0n) is 12.4. The van der Waals surface area contributed by atoms with Crippen molar-refractivity contribution in [3.8, 4) is 0 Å². The summed E-state index contributed by atoms with van der Waals surface area (Å²) in [6, 6.07) is 3.62. The van der Waals surface area contributed by atoms with Gasteiger partial charge in [-0.15, -0.1) is 0 Å². The number of ether oxygens (including phenoxy) is 1.